The number of hydrogen-bond acceptors (Lipinski definition) is 5. The largest absolute Gasteiger partial charge is 0.457 e. The van der Waals surface area contributed by atoms with Crippen LogP contribution in [-0.4, -0.2) is 23.5 Å². The maximum atomic E-state index is 5.86. The monoisotopic (exact) mass is 304 g/mol. The summed E-state index contributed by atoms with van der Waals surface area (Å²) in [4.78, 5) is 4.61. The SMILES string of the molecule is CSCCNCc1ccc(-c2nc3ccccc3s2)o1. The maximum absolute atomic E-state index is 5.86. The molecule has 1 N–H and O–H groups in total. The Labute approximate surface area is 126 Å². The molecule has 0 radical (unpaired) electrons. The van der Waals surface area contributed by atoms with Crippen molar-refractivity contribution in [3.63, 3.8) is 0 Å². The third kappa shape index (κ3) is 3.06. The number of benzene rings is 1. The van der Waals surface area contributed by atoms with Crippen LogP contribution in [-0.2, 0) is 6.54 Å². The standard InChI is InChI=1S/C15H16N2OS2/c1-19-9-8-16-10-11-6-7-13(18-11)15-17-12-4-2-3-5-14(12)20-15/h2-7,16H,8-10H2,1H3. The van der Waals surface area contributed by atoms with Gasteiger partial charge >= 0.3 is 0 Å². The second kappa shape index (κ2) is 6.43. The van der Waals surface area contributed by atoms with Crippen molar-refractivity contribution in [2.75, 3.05) is 18.6 Å². The second-order valence-corrected chi connectivity index (χ2v) is 6.44. The molecule has 2 aromatic heterocycles. The van der Waals surface area contributed by atoms with Gasteiger partial charge in [-0.25, -0.2) is 4.98 Å². The molecule has 0 bridgehead atoms. The van der Waals surface area contributed by atoms with E-state index in [9.17, 15) is 0 Å². The van der Waals surface area contributed by atoms with Crippen LogP contribution in [0.4, 0.5) is 0 Å². The molecule has 0 aliphatic heterocycles. The zero-order chi connectivity index (χ0) is 13.8. The van der Waals surface area contributed by atoms with Crippen LogP contribution in [0, 0.1) is 0 Å². The van der Waals surface area contributed by atoms with Gasteiger partial charge in [0, 0.05) is 12.3 Å². The number of hydrogen-bond donors (Lipinski definition) is 1. The summed E-state index contributed by atoms with van der Waals surface area (Å²) in [6.07, 6.45) is 2.11. The molecule has 0 aliphatic rings. The van der Waals surface area contributed by atoms with Gasteiger partial charge in [0.25, 0.3) is 0 Å². The van der Waals surface area contributed by atoms with Crippen molar-refractivity contribution in [2.24, 2.45) is 0 Å². The van der Waals surface area contributed by atoms with Gasteiger partial charge in [-0.1, -0.05) is 12.1 Å². The van der Waals surface area contributed by atoms with E-state index < -0.39 is 0 Å². The van der Waals surface area contributed by atoms with Crippen molar-refractivity contribution >= 4 is 33.3 Å². The molecule has 3 rings (SSSR count). The molecule has 3 nitrogen and oxygen atoms in total. The van der Waals surface area contributed by atoms with Gasteiger partial charge in [-0.3, -0.25) is 0 Å². The molecule has 0 spiro atoms. The number of thiazole rings is 1. The van der Waals surface area contributed by atoms with Crippen LogP contribution in [0.15, 0.2) is 40.8 Å². The zero-order valence-electron chi connectivity index (χ0n) is 11.3. The van der Waals surface area contributed by atoms with Crippen LogP contribution in [0.25, 0.3) is 21.0 Å². The van der Waals surface area contributed by atoms with Gasteiger partial charge < -0.3 is 9.73 Å². The summed E-state index contributed by atoms with van der Waals surface area (Å²) in [5.74, 6) is 2.93. The van der Waals surface area contributed by atoms with Crippen LogP contribution in [0.5, 0.6) is 0 Å². The first kappa shape index (κ1) is 13.7. The lowest BCUT2D eigenvalue weighted by Gasteiger charge is -1.99. The summed E-state index contributed by atoms with van der Waals surface area (Å²) in [6.45, 7) is 1.77. The summed E-state index contributed by atoms with van der Waals surface area (Å²) in [7, 11) is 0. The van der Waals surface area contributed by atoms with Crippen molar-refractivity contribution < 1.29 is 4.42 Å². The zero-order valence-corrected chi connectivity index (χ0v) is 12.9. The van der Waals surface area contributed by atoms with Crippen molar-refractivity contribution in [2.45, 2.75) is 6.54 Å². The molecule has 3 aromatic rings. The van der Waals surface area contributed by atoms with Crippen LogP contribution in [0.1, 0.15) is 5.76 Å². The lowest BCUT2D eigenvalue weighted by atomic mass is 10.3. The Morgan fingerprint density at radius 3 is 3.00 bits per heavy atom. The Bertz CT molecular complexity index is 657. The van der Waals surface area contributed by atoms with Gasteiger partial charge in [0.1, 0.15) is 5.76 Å². The number of nitrogens with one attached hydrogen (secondary N) is 1. The van der Waals surface area contributed by atoms with Crippen LogP contribution in [0.2, 0.25) is 0 Å². The molecule has 0 fully saturated rings. The predicted octanol–water partition coefficient (Wildman–Crippen LogP) is 4.01. The van der Waals surface area contributed by atoms with E-state index in [1.165, 1.54) is 4.70 Å². The Hall–Kier alpha value is -1.30. The highest BCUT2D eigenvalue weighted by Gasteiger charge is 2.10. The van der Waals surface area contributed by atoms with Crippen molar-refractivity contribution in [3.8, 4) is 10.8 Å². The fourth-order valence-electron chi connectivity index (χ4n) is 1.95. The molecule has 0 unspecified atom stereocenters. The minimum absolute atomic E-state index is 0.769. The minimum atomic E-state index is 0.769. The van der Waals surface area contributed by atoms with Gasteiger partial charge in [-0.2, -0.15) is 11.8 Å². The quantitative estimate of drug-likeness (QED) is 0.698. The van der Waals surface area contributed by atoms with Crippen LogP contribution in [0.3, 0.4) is 0 Å². The number of fused-ring (bicyclic) bond motifs is 1. The lowest BCUT2D eigenvalue weighted by Crippen LogP contribution is -2.15. The Kier molecular flexibility index (Phi) is 4.40. The van der Waals surface area contributed by atoms with Gasteiger partial charge in [0.2, 0.25) is 0 Å². The Morgan fingerprint density at radius 1 is 1.25 bits per heavy atom. The molecule has 5 heteroatoms. The van der Waals surface area contributed by atoms with Gasteiger partial charge in [0.15, 0.2) is 10.8 Å². The van der Waals surface area contributed by atoms with Crippen LogP contribution >= 0.6 is 23.1 Å². The fourth-order valence-corrected chi connectivity index (χ4v) is 3.23. The van der Waals surface area contributed by atoms with E-state index >= 15 is 0 Å². The molecule has 1 aromatic carbocycles. The average Bonchev–Trinajstić information content (AvgIpc) is 3.09. The number of rotatable bonds is 6. The Balaban J connectivity index is 1.72. The second-order valence-electron chi connectivity index (χ2n) is 4.42. The normalized spacial score (nSPS) is 11.2. The molecular weight excluding hydrogens is 288 g/mol. The van der Waals surface area contributed by atoms with E-state index in [1.807, 2.05) is 42.1 Å². The summed E-state index contributed by atoms with van der Waals surface area (Å²) in [5.41, 5.74) is 1.03. The highest BCUT2D eigenvalue weighted by Crippen LogP contribution is 2.30. The number of aromatic nitrogens is 1. The topological polar surface area (TPSA) is 38.1 Å². The number of para-hydroxylation sites is 1. The first-order valence-corrected chi connectivity index (χ1v) is 8.72. The van der Waals surface area contributed by atoms with Gasteiger partial charge in [0.05, 0.1) is 16.8 Å². The van der Waals surface area contributed by atoms with Gasteiger partial charge in [-0.05, 0) is 30.5 Å². The number of nitrogens with zero attached hydrogens (tertiary/aromatic N) is 1. The molecular formula is C15H16N2OS2. The first-order chi connectivity index (χ1) is 9.86. The van der Waals surface area contributed by atoms with Gasteiger partial charge in [-0.15, -0.1) is 11.3 Å². The number of furan rings is 1. The molecule has 104 valence electrons. The molecule has 0 amide bonds. The molecule has 0 aliphatic carbocycles. The molecule has 0 atom stereocenters. The first-order valence-electron chi connectivity index (χ1n) is 6.51. The van der Waals surface area contributed by atoms with E-state index in [0.29, 0.717) is 0 Å². The molecule has 20 heavy (non-hydrogen) atoms. The van der Waals surface area contributed by atoms with E-state index in [4.69, 9.17) is 4.42 Å². The third-order valence-corrected chi connectivity index (χ3v) is 4.61. The summed E-state index contributed by atoms with van der Waals surface area (Å²) in [5, 5.41) is 4.31. The van der Waals surface area contributed by atoms with Crippen molar-refractivity contribution in [3.05, 3.63) is 42.2 Å². The Morgan fingerprint density at radius 2 is 2.15 bits per heavy atom. The summed E-state index contributed by atoms with van der Waals surface area (Å²) >= 11 is 3.51. The molecule has 2 heterocycles. The van der Waals surface area contributed by atoms with E-state index in [0.717, 1.165) is 40.9 Å². The van der Waals surface area contributed by atoms with E-state index in [2.05, 4.69) is 22.6 Å². The molecule has 0 saturated heterocycles. The smallest absolute Gasteiger partial charge is 0.163 e. The van der Waals surface area contributed by atoms with Crippen molar-refractivity contribution in [1.29, 1.82) is 0 Å². The van der Waals surface area contributed by atoms with E-state index in [-0.39, 0.29) is 0 Å². The fraction of sp³-hybridized carbons (Fsp3) is 0.267. The summed E-state index contributed by atoms with van der Waals surface area (Å²) < 4.78 is 7.05. The molecule has 0 saturated carbocycles. The predicted molar refractivity (Wildman–Crippen MR) is 87.4 cm³/mol. The third-order valence-electron chi connectivity index (χ3n) is 2.95. The maximum Gasteiger partial charge on any atom is 0.163 e. The highest BCUT2D eigenvalue weighted by molar-refractivity contribution is 7.98. The number of thioether (sulfide) groups is 1. The van der Waals surface area contributed by atoms with Crippen molar-refractivity contribution in [1.82, 2.24) is 10.3 Å². The van der Waals surface area contributed by atoms with Crippen LogP contribution < -0.4 is 5.32 Å². The van der Waals surface area contributed by atoms with E-state index in [1.54, 1.807) is 11.3 Å². The average molecular weight is 304 g/mol. The summed E-state index contributed by atoms with van der Waals surface area (Å²) in [6, 6.07) is 12.2. The lowest BCUT2D eigenvalue weighted by molar-refractivity contribution is 0.499. The minimum Gasteiger partial charge on any atom is -0.457 e. The highest BCUT2D eigenvalue weighted by atomic mass is 32.2.